The molecule has 2 aromatic rings. The molecule has 0 aliphatic heterocycles. The highest BCUT2D eigenvalue weighted by Gasteiger charge is 2.35. The average molecular weight is 413 g/mol. The second kappa shape index (κ2) is 10.8. The molecule has 4 nitrogen and oxygen atoms in total. The summed E-state index contributed by atoms with van der Waals surface area (Å²) in [5.74, 6) is 1.69. The summed E-state index contributed by atoms with van der Waals surface area (Å²) < 4.78 is 22.7. The molecular weight excluding hydrogens is 376 g/mol. The number of benzene rings is 2. The summed E-state index contributed by atoms with van der Waals surface area (Å²) in [4.78, 5) is 0. The lowest BCUT2D eigenvalue weighted by Crippen LogP contribution is -2.30. The zero-order chi connectivity index (χ0) is 21.4. The SMILES string of the molecule is CCOC(C)Oc1ccc(C2(c3ccc(OC(C)OCC)cc3)CCCCC2)cc1. The minimum absolute atomic E-state index is 0.0480. The van der Waals surface area contributed by atoms with E-state index in [1.807, 2.05) is 27.7 Å². The monoisotopic (exact) mass is 412 g/mol. The van der Waals surface area contributed by atoms with Gasteiger partial charge in [-0.2, -0.15) is 0 Å². The van der Waals surface area contributed by atoms with Crippen molar-refractivity contribution in [1.82, 2.24) is 0 Å². The zero-order valence-corrected chi connectivity index (χ0v) is 18.9. The smallest absolute Gasteiger partial charge is 0.196 e. The van der Waals surface area contributed by atoms with Crippen LogP contribution in [-0.4, -0.2) is 25.8 Å². The van der Waals surface area contributed by atoms with Gasteiger partial charge in [0.05, 0.1) is 0 Å². The van der Waals surface area contributed by atoms with Crippen molar-refractivity contribution in [3.05, 3.63) is 59.7 Å². The number of rotatable bonds is 10. The molecule has 164 valence electrons. The number of hydrogen-bond acceptors (Lipinski definition) is 4. The maximum absolute atomic E-state index is 5.86. The molecule has 0 bridgehead atoms. The van der Waals surface area contributed by atoms with Crippen molar-refractivity contribution in [2.24, 2.45) is 0 Å². The Bertz CT molecular complexity index is 688. The molecule has 0 radical (unpaired) electrons. The fraction of sp³-hybridized carbons (Fsp3) is 0.538. The molecule has 0 heterocycles. The lowest BCUT2D eigenvalue weighted by Gasteiger charge is -2.39. The molecule has 0 spiro atoms. The van der Waals surface area contributed by atoms with Gasteiger partial charge in [-0.15, -0.1) is 0 Å². The van der Waals surface area contributed by atoms with E-state index in [1.165, 1.54) is 30.4 Å². The van der Waals surface area contributed by atoms with Gasteiger partial charge in [-0.05, 0) is 75.9 Å². The number of hydrogen-bond donors (Lipinski definition) is 0. The summed E-state index contributed by atoms with van der Waals surface area (Å²) >= 11 is 0. The third kappa shape index (κ3) is 5.55. The fourth-order valence-corrected chi connectivity index (χ4v) is 4.53. The van der Waals surface area contributed by atoms with E-state index in [2.05, 4.69) is 48.5 Å². The summed E-state index contributed by atoms with van der Waals surface area (Å²) in [5, 5.41) is 0. The first-order chi connectivity index (χ1) is 14.6. The number of ether oxygens (including phenoxy) is 4. The minimum atomic E-state index is -0.240. The highest BCUT2D eigenvalue weighted by molar-refractivity contribution is 5.43. The lowest BCUT2D eigenvalue weighted by molar-refractivity contribution is -0.0616. The van der Waals surface area contributed by atoms with Crippen LogP contribution in [0.5, 0.6) is 11.5 Å². The van der Waals surface area contributed by atoms with E-state index in [0.717, 1.165) is 24.3 Å². The molecular formula is C26H36O4. The maximum Gasteiger partial charge on any atom is 0.196 e. The molecule has 0 amide bonds. The van der Waals surface area contributed by atoms with Crippen LogP contribution in [0.15, 0.2) is 48.5 Å². The van der Waals surface area contributed by atoms with Gasteiger partial charge in [-0.3, -0.25) is 0 Å². The maximum atomic E-state index is 5.86. The third-order valence-electron chi connectivity index (χ3n) is 5.93. The second-order valence-electron chi connectivity index (χ2n) is 7.97. The van der Waals surface area contributed by atoms with E-state index >= 15 is 0 Å². The molecule has 3 rings (SSSR count). The van der Waals surface area contributed by atoms with Gasteiger partial charge >= 0.3 is 0 Å². The molecule has 2 unspecified atom stereocenters. The van der Waals surface area contributed by atoms with Gasteiger partial charge in [0.25, 0.3) is 0 Å². The summed E-state index contributed by atoms with van der Waals surface area (Å²) in [6.07, 6.45) is 5.66. The van der Waals surface area contributed by atoms with Crippen LogP contribution in [0.3, 0.4) is 0 Å². The van der Waals surface area contributed by atoms with Crippen LogP contribution in [0, 0.1) is 0 Å². The Kier molecular flexibility index (Phi) is 8.17. The molecule has 0 saturated heterocycles. The summed E-state index contributed by atoms with van der Waals surface area (Å²) in [5.41, 5.74) is 2.76. The summed E-state index contributed by atoms with van der Waals surface area (Å²) in [6, 6.07) is 17.2. The van der Waals surface area contributed by atoms with Gasteiger partial charge in [0.2, 0.25) is 0 Å². The second-order valence-corrected chi connectivity index (χ2v) is 7.97. The highest BCUT2D eigenvalue weighted by atomic mass is 16.7. The van der Waals surface area contributed by atoms with Crippen molar-refractivity contribution in [3.8, 4) is 11.5 Å². The van der Waals surface area contributed by atoms with E-state index < -0.39 is 0 Å². The standard InChI is InChI=1S/C26H36O4/c1-5-27-20(3)29-24-14-10-22(11-15-24)26(18-8-7-9-19-26)23-12-16-25(17-13-23)30-21(4)28-6-2/h10-17,20-21H,5-9,18-19H2,1-4H3. The van der Waals surface area contributed by atoms with Crippen molar-refractivity contribution < 1.29 is 18.9 Å². The van der Waals surface area contributed by atoms with E-state index in [0.29, 0.717) is 13.2 Å². The van der Waals surface area contributed by atoms with Crippen molar-refractivity contribution in [2.45, 2.75) is 77.8 Å². The molecule has 2 aromatic carbocycles. The van der Waals surface area contributed by atoms with Crippen LogP contribution in [0.1, 0.15) is 70.9 Å². The van der Waals surface area contributed by atoms with E-state index in [1.54, 1.807) is 0 Å². The predicted molar refractivity (Wildman–Crippen MR) is 120 cm³/mol. The first-order valence-corrected chi connectivity index (χ1v) is 11.3. The van der Waals surface area contributed by atoms with Gasteiger partial charge in [0.15, 0.2) is 12.6 Å². The van der Waals surface area contributed by atoms with Crippen LogP contribution in [-0.2, 0) is 14.9 Å². The zero-order valence-electron chi connectivity index (χ0n) is 18.9. The Morgan fingerprint density at radius 1 is 0.667 bits per heavy atom. The third-order valence-corrected chi connectivity index (χ3v) is 5.93. The Labute approximate surface area is 181 Å². The van der Waals surface area contributed by atoms with Crippen molar-refractivity contribution in [1.29, 1.82) is 0 Å². The van der Waals surface area contributed by atoms with Crippen LogP contribution < -0.4 is 9.47 Å². The van der Waals surface area contributed by atoms with Crippen molar-refractivity contribution >= 4 is 0 Å². The lowest BCUT2D eigenvalue weighted by atomic mass is 9.65. The largest absolute Gasteiger partial charge is 0.465 e. The Morgan fingerprint density at radius 2 is 1.07 bits per heavy atom. The highest BCUT2D eigenvalue weighted by Crippen LogP contribution is 2.45. The Morgan fingerprint density at radius 3 is 1.43 bits per heavy atom. The average Bonchev–Trinajstić information content (AvgIpc) is 2.75. The Balaban J connectivity index is 1.81. The molecule has 30 heavy (non-hydrogen) atoms. The molecule has 1 aliphatic carbocycles. The first-order valence-electron chi connectivity index (χ1n) is 11.3. The van der Waals surface area contributed by atoms with Gasteiger partial charge < -0.3 is 18.9 Å². The quantitative estimate of drug-likeness (QED) is 0.420. The van der Waals surface area contributed by atoms with Crippen LogP contribution in [0.4, 0.5) is 0 Å². The van der Waals surface area contributed by atoms with Crippen LogP contribution >= 0.6 is 0 Å². The summed E-state index contributed by atoms with van der Waals surface area (Å²) in [7, 11) is 0. The molecule has 1 fully saturated rings. The molecule has 1 aliphatic rings. The van der Waals surface area contributed by atoms with Crippen LogP contribution in [0.25, 0.3) is 0 Å². The van der Waals surface area contributed by atoms with Gasteiger partial charge in [0.1, 0.15) is 11.5 Å². The molecule has 0 aromatic heterocycles. The minimum Gasteiger partial charge on any atom is -0.465 e. The normalized spacial score (nSPS) is 17.9. The molecule has 1 saturated carbocycles. The van der Waals surface area contributed by atoms with Crippen LogP contribution in [0.2, 0.25) is 0 Å². The topological polar surface area (TPSA) is 36.9 Å². The van der Waals surface area contributed by atoms with Gasteiger partial charge in [0, 0.05) is 18.6 Å². The van der Waals surface area contributed by atoms with E-state index in [9.17, 15) is 0 Å². The summed E-state index contributed by atoms with van der Waals surface area (Å²) in [6.45, 7) is 9.09. The Hall–Kier alpha value is -2.04. The van der Waals surface area contributed by atoms with E-state index in [4.69, 9.17) is 18.9 Å². The molecule has 2 atom stereocenters. The molecule has 4 heteroatoms. The van der Waals surface area contributed by atoms with Crippen molar-refractivity contribution in [3.63, 3.8) is 0 Å². The predicted octanol–water partition coefficient (Wildman–Crippen LogP) is 6.46. The first kappa shape index (κ1) is 22.6. The molecule has 0 N–H and O–H groups in total. The van der Waals surface area contributed by atoms with E-state index in [-0.39, 0.29) is 18.0 Å². The van der Waals surface area contributed by atoms with Gasteiger partial charge in [-0.25, -0.2) is 0 Å². The fourth-order valence-electron chi connectivity index (χ4n) is 4.53. The van der Waals surface area contributed by atoms with Crippen molar-refractivity contribution in [2.75, 3.05) is 13.2 Å². The van der Waals surface area contributed by atoms with Gasteiger partial charge in [-0.1, -0.05) is 43.5 Å².